The SMILES string of the molecule is COC(C)CCC(=O)NC(C(=O)O)C1CC1. The van der Waals surface area contributed by atoms with Crippen molar-refractivity contribution in [3.63, 3.8) is 0 Å². The first-order valence-electron chi connectivity index (χ1n) is 5.59. The molecule has 1 saturated carbocycles. The van der Waals surface area contributed by atoms with Crippen LogP contribution in [0.5, 0.6) is 0 Å². The van der Waals surface area contributed by atoms with Crippen molar-refractivity contribution < 1.29 is 19.4 Å². The molecule has 0 aromatic carbocycles. The zero-order valence-corrected chi connectivity index (χ0v) is 9.73. The van der Waals surface area contributed by atoms with E-state index in [9.17, 15) is 9.59 Å². The zero-order chi connectivity index (χ0) is 12.1. The molecule has 1 aliphatic rings. The fourth-order valence-electron chi connectivity index (χ4n) is 1.51. The monoisotopic (exact) mass is 229 g/mol. The van der Waals surface area contributed by atoms with Crippen LogP contribution in [0.1, 0.15) is 32.6 Å². The molecule has 1 fully saturated rings. The van der Waals surface area contributed by atoms with Gasteiger partial charge in [0, 0.05) is 13.5 Å². The number of hydrogen-bond donors (Lipinski definition) is 2. The van der Waals surface area contributed by atoms with Crippen LogP contribution in [-0.4, -0.2) is 36.2 Å². The number of amides is 1. The smallest absolute Gasteiger partial charge is 0.326 e. The molecule has 0 bridgehead atoms. The Bertz CT molecular complexity index is 263. The van der Waals surface area contributed by atoms with Crippen molar-refractivity contribution in [3.8, 4) is 0 Å². The Morgan fingerprint density at radius 2 is 2.12 bits per heavy atom. The molecule has 0 spiro atoms. The van der Waals surface area contributed by atoms with Crippen LogP contribution < -0.4 is 5.32 Å². The van der Waals surface area contributed by atoms with Crippen LogP contribution in [-0.2, 0) is 14.3 Å². The van der Waals surface area contributed by atoms with E-state index < -0.39 is 12.0 Å². The number of nitrogens with one attached hydrogen (secondary N) is 1. The Labute approximate surface area is 95.2 Å². The predicted octanol–water partition coefficient (Wildman–Crippen LogP) is 0.781. The summed E-state index contributed by atoms with van der Waals surface area (Å²) in [4.78, 5) is 22.4. The van der Waals surface area contributed by atoms with E-state index in [2.05, 4.69) is 5.32 Å². The highest BCUT2D eigenvalue weighted by Gasteiger charge is 2.37. The minimum absolute atomic E-state index is 0.0231. The van der Waals surface area contributed by atoms with E-state index in [-0.39, 0.29) is 17.9 Å². The average molecular weight is 229 g/mol. The quantitative estimate of drug-likeness (QED) is 0.676. The van der Waals surface area contributed by atoms with E-state index in [4.69, 9.17) is 9.84 Å². The minimum Gasteiger partial charge on any atom is -0.480 e. The summed E-state index contributed by atoms with van der Waals surface area (Å²) in [5.74, 6) is -1.01. The van der Waals surface area contributed by atoms with Gasteiger partial charge in [0.2, 0.25) is 5.91 Å². The van der Waals surface area contributed by atoms with Gasteiger partial charge >= 0.3 is 5.97 Å². The maximum Gasteiger partial charge on any atom is 0.326 e. The third-order valence-electron chi connectivity index (χ3n) is 2.86. The molecule has 0 aliphatic heterocycles. The van der Waals surface area contributed by atoms with Crippen LogP contribution in [0.3, 0.4) is 0 Å². The van der Waals surface area contributed by atoms with Crippen molar-refractivity contribution >= 4 is 11.9 Å². The largest absolute Gasteiger partial charge is 0.480 e. The van der Waals surface area contributed by atoms with Gasteiger partial charge in [-0.15, -0.1) is 0 Å². The van der Waals surface area contributed by atoms with Gasteiger partial charge in [0.1, 0.15) is 6.04 Å². The number of aliphatic carboxylic acids is 1. The summed E-state index contributed by atoms with van der Waals surface area (Å²) in [6.07, 6.45) is 2.73. The van der Waals surface area contributed by atoms with Gasteiger partial charge < -0.3 is 15.2 Å². The molecule has 0 aromatic heterocycles. The third-order valence-corrected chi connectivity index (χ3v) is 2.86. The summed E-state index contributed by atoms with van der Waals surface area (Å²) in [5, 5.41) is 11.5. The lowest BCUT2D eigenvalue weighted by molar-refractivity contribution is -0.142. The highest BCUT2D eigenvalue weighted by Crippen LogP contribution is 2.32. The van der Waals surface area contributed by atoms with Crippen molar-refractivity contribution in [1.82, 2.24) is 5.32 Å². The van der Waals surface area contributed by atoms with E-state index in [1.165, 1.54) is 0 Å². The molecule has 0 aromatic rings. The van der Waals surface area contributed by atoms with Crippen molar-refractivity contribution in [3.05, 3.63) is 0 Å². The molecule has 1 aliphatic carbocycles. The second-order valence-electron chi connectivity index (χ2n) is 4.31. The molecule has 1 rings (SSSR count). The first kappa shape index (κ1) is 13.0. The van der Waals surface area contributed by atoms with E-state index in [1.807, 2.05) is 6.92 Å². The molecule has 92 valence electrons. The molecule has 0 radical (unpaired) electrons. The Hall–Kier alpha value is -1.10. The first-order chi connectivity index (χ1) is 7.54. The summed E-state index contributed by atoms with van der Waals surface area (Å²) in [6, 6.07) is -0.703. The van der Waals surface area contributed by atoms with E-state index in [0.29, 0.717) is 12.8 Å². The van der Waals surface area contributed by atoms with Crippen molar-refractivity contribution in [2.24, 2.45) is 5.92 Å². The molecule has 0 heterocycles. The number of rotatable bonds is 7. The third kappa shape index (κ3) is 4.18. The predicted molar refractivity (Wildman–Crippen MR) is 58.0 cm³/mol. The Kier molecular flexibility index (Phi) is 4.73. The summed E-state index contributed by atoms with van der Waals surface area (Å²) in [6.45, 7) is 1.88. The summed E-state index contributed by atoms with van der Waals surface area (Å²) in [7, 11) is 1.59. The molecule has 5 nitrogen and oxygen atoms in total. The molecular formula is C11H19NO4. The average Bonchev–Trinajstić information content (AvgIpc) is 3.05. The molecule has 16 heavy (non-hydrogen) atoms. The van der Waals surface area contributed by atoms with Gasteiger partial charge in [-0.25, -0.2) is 4.79 Å². The van der Waals surface area contributed by atoms with Gasteiger partial charge in [0.15, 0.2) is 0 Å². The zero-order valence-electron chi connectivity index (χ0n) is 9.73. The number of carbonyl (C=O) groups is 2. The molecule has 2 N–H and O–H groups in total. The second-order valence-corrected chi connectivity index (χ2v) is 4.31. The lowest BCUT2D eigenvalue weighted by Crippen LogP contribution is -2.42. The van der Waals surface area contributed by atoms with Gasteiger partial charge in [-0.2, -0.15) is 0 Å². The lowest BCUT2D eigenvalue weighted by Gasteiger charge is -2.14. The molecule has 2 unspecified atom stereocenters. The summed E-state index contributed by atoms with van der Waals surface area (Å²) >= 11 is 0. The highest BCUT2D eigenvalue weighted by atomic mass is 16.5. The van der Waals surface area contributed by atoms with Crippen LogP contribution in [0, 0.1) is 5.92 Å². The number of carboxylic acids is 1. The van der Waals surface area contributed by atoms with Crippen LogP contribution in [0.25, 0.3) is 0 Å². The van der Waals surface area contributed by atoms with Crippen molar-refractivity contribution in [2.45, 2.75) is 44.8 Å². The summed E-state index contributed by atoms with van der Waals surface area (Å²) in [5.41, 5.74) is 0. The summed E-state index contributed by atoms with van der Waals surface area (Å²) < 4.78 is 5.02. The second kappa shape index (κ2) is 5.84. The van der Waals surface area contributed by atoms with Gasteiger partial charge in [-0.05, 0) is 32.1 Å². The number of carbonyl (C=O) groups excluding carboxylic acids is 1. The van der Waals surface area contributed by atoms with Crippen LogP contribution in [0.2, 0.25) is 0 Å². The number of ether oxygens (including phenoxy) is 1. The van der Waals surface area contributed by atoms with Gasteiger partial charge in [0.25, 0.3) is 0 Å². The van der Waals surface area contributed by atoms with Crippen molar-refractivity contribution in [1.29, 1.82) is 0 Å². The van der Waals surface area contributed by atoms with Gasteiger partial charge in [-0.3, -0.25) is 4.79 Å². The Morgan fingerprint density at radius 1 is 1.50 bits per heavy atom. The normalized spacial score (nSPS) is 18.9. The number of methoxy groups -OCH3 is 1. The van der Waals surface area contributed by atoms with Gasteiger partial charge in [-0.1, -0.05) is 0 Å². The van der Waals surface area contributed by atoms with E-state index >= 15 is 0 Å². The lowest BCUT2D eigenvalue weighted by atomic mass is 10.1. The van der Waals surface area contributed by atoms with E-state index in [1.54, 1.807) is 7.11 Å². The van der Waals surface area contributed by atoms with Gasteiger partial charge in [0.05, 0.1) is 6.10 Å². The minimum atomic E-state index is -0.935. The highest BCUT2D eigenvalue weighted by molar-refractivity contribution is 5.84. The van der Waals surface area contributed by atoms with E-state index in [0.717, 1.165) is 12.8 Å². The Balaban J connectivity index is 2.28. The molecule has 1 amide bonds. The van der Waals surface area contributed by atoms with Crippen molar-refractivity contribution in [2.75, 3.05) is 7.11 Å². The molecule has 2 atom stereocenters. The molecule has 0 saturated heterocycles. The first-order valence-corrected chi connectivity index (χ1v) is 5.59. The maximum absolute atomic E-state index is 11.5. The topological polar surface area (TPSA) is 75.6 Å². The molecular weight excluding hydrogens is 210 g/mol. The Morgan fingerprint density at radius 3 is 2.56 bits per heavy atom. The number of hydrogen-bond acceptors (Lipinski definition) is 3. The van der Waals surface area contributed by atoms with Crippen LogP contribution in [0.4, 0.5) is 0 Å². The number of carboxylic acid groups (broad SMARTS) is 1. The standard InChI is InChI=1S/C11H19NO4/c1-7(16-2)3-6-9(13)12-10(11(14)15)8-4-5-8/h7-8,10H,3-6H2,1-2H3,(H,12,13)(H,14,15). The maximum atomic E-state index is 11.5. The fraction of sp³-hybridized carbons (Fsp3) is 0.818. The van der Waals surface area contributed by atoms with Crippen LogP contribution in [0.15, 0.2) is 0 Å². The van der Waals surface area contributed by atoms with Crippen LogP contribution >= 0.6 is 0 Å². The fourth-order valence-corrected chi connectivity index (χ4v) is 1.51. The molecule has 5 heteroatoms.